The van der Waals surface area contributed by atoms with Gasteiger partial charge >= 0.3 is 0 Å². The molecular weight excluding hydrogens is 308 g/mol. The first-order chi connectivity index (χ1) is 3.89. The van der Waals surface area contributed by atoms with Gasteiger partial charge < -0.3 is 10.1 Å². The zero-order valence-electron chi connectivity index (χ0n) is 5.56. The maximum absolute atomic E-state index is 10.5. The second kappa shape index (κ2) is 7.82. The molecule has 4 heteroatoms. The molecule has 1 rings (SSSR count). The van der Waals surface area contributed by atoms with Crippen LogP contribution in [0, 0.1) is 0 Å². The number of carbonyl (C=O) groups is 1. The van der Waals surface area contributed by atoms with Crippen LogP contribution in [0.1, 0.15) is 25.7 Å². The Hall–Kier alpha value is 0.717. The monoisotopic (exact) mass is 318 g/mol. The smallest absolute Gasteiger partial charge is 0.0511 e. The van der Waals surface area contributed by atoms with E-state index in [9.17, 15) is 4.79 Å². The molecule has 0 saturated carbocycles. The van der Waals surface area contributed by atoms with Gasteiger partial charge in [0.25, 0.3) is 0 Å². The van der Waals surface area contributed by atoms with E-state index < -0.39 is 0 Å². The topological polar surface area (TPSA) is 31.2 Å². The summed E-state index contributed by atoms with van der Waals surface area (Å²) in [5, 5.41) is 3.78. The molecule has 0 aromatic heterocycles. The molecule has 1 fully saturated rings. The largest absolute Gasteiger partial charge is 0.653 e. The molecule has 64 valence electrons. The minimum absolute atomic E-state index is 0. The second-order valence-electron chi connectivity index (χ2n) is 2.09. The number of hydrogen-bond donors (Lipinski definition) is 0. The molecule has 1 amide bonds. The summed E-state index contributed by atoms with van der Waals surface area (Å²) in [5.74, 6) is 0.0995. The van der Waals surface area contributed by atoms with E-state index in [4.69, 9.17) is 0 Å². The van der Waals surface area contributed by atoms with Gasteiger partial charge in [-0.25, -0.2) is 0 Å². The Balaban J connectivity index is 0. The first kappa shape index (κ1) is 13.3. The van der Waals surface area contributed by atoms with Crippen molar-refractivity contribution < 1.29 is 43.8 Å². The van der Waals surface area contributed by atoms with Gasteiger partial charge in [-0.1, -0.05) is 12.8 Å². The average Bonchev–Trinajstić information content (AvgIpc) is 1.94. The van der Waals surface area contributed by atoms with Crippen molar-refractivity contribution in [2.45, 2.75) is 25.7 Å². The second-order valence-corrected chi connectivity index (χ2v) is 2.09. The van der Waals surface area contributed by atoms with Crippen LogP contribution >= 0.6 is 0 Å². The quantitative estimate of drug-likeness (QED) is 0.622. The Morgan fingerprint density at radius 2 is 1.80 bits per heavy atom. The first-order valence-corrected chi connectivity index (χ1v) is 3.10. The molecule has 0 N–H and O–H groups in total. The summed E-state index contributed by atoms with van der Waals surface area (Å²) in [6, 6.07) is 0. The van der Waals surface area contributed by atoms with Gasteiger partial charge in [-0.2, -0.15) is 0 Å². The molecule has 0 unspecified atom stereocenters. The molecule has 1 saturated heterocycles. The fraction of sp³-hybridized carbons (Fsp3) is 0.833. The van der Waals surface area contributed by atoms with Crippen molar-refractivity contribution in [3.05, 3.63) is 5.32 Å². The SMILES string of the molecule is O=C1CCCCC[N-]1.[Rh].[Rh]. The molecule has 0 bridgehead atoms. The summed E-state index contributed by atoms with van der Waals surface area (Å²) in [5.41, 5.74) is 0. The summed E-state index contributed by atoms with van der Waals surface area (Å²) in [6.07, 6.45) is 4.00. The Labute approximate surface area is 87.0 Å². The van der Waals surface area contributed by atoms with Crippen LogP contribution in [-0.2, 0) is 43.8 Å². The number of hydrogen-bond acceptors (Lipinski definition) is 1. The van der Waals surface area contributed by atoms with Gasteiger partial charge in [-0.15, -0.1) is 6.54 Å². The third-order valence-electron chi connectivity index (χ3n) is 1.34. The van der Waals surface area contributed by atoms with Crippen LogP contribution < -0.4 is 0 Å². The van der Waals surface area contributed by atoms with Crippen molar-refractivity contribution in [2.75, 3.05) is 6.54 Å². The van der Waals surface area contributed by atoms with E-state index in [1.54, 1.807) is 0 Å². The standard InChI is InChI=1S/C6H11NO.2Rh/c8-6-4-2-1-3-5-7-6;;/h1-5H2,(H,7,8);;/p-1. The van der Waals surface area contributed by atoms with Crippen molar-refractivity contribution in [2.24, 2.45) is 0 Å². The summed E-state index contributed by atoms with van der Waals surface area (Å²) in [4.78, 5) is 10.5. The van der Waals surface area contributed by atoms with Crippen LogP contribution in [-0.4, -0.2) is 12.5 Å². The Bertz CT molecular complexity index is 87.7. The van der Waals surface area contributed by atoms with Crippen molar-refractivity contribution >= 4 is 5.91 Å². The average molecular weight is 318 g/mol. The molecule has 1 aliphatic rings. The molecule has 1 aliphatic heterocycles. The van der Waals surface area contributed by atoms with Crippen molar-refractivity contribution in [3.8, 4) is 0 Å². The van der Waals surface area contributed by atoms with E-state index in [-0.39, 0.29) is 44.9 Å². The van der Waals surface area contributed by atoms with Crippen LogP contribution in [0.5, 0.6) is 0 Å². The van der Waals surface area contributed by atoms with Gasteiger partial charge in [-0.05, 0) is 12.8 Å². The molecule has 10 heavy (non-hydrogen) atoms. The van der Waals surface area contributed by atoms with Crippen molar-refractivity contribution in [1.29, 1.82) is 0 Å². The maximum Gasteiger partial charge on any atom is 0.0511 e. The maximum atomic E-state index is 10.5. The molecule has 0 aromatic rings. The van der Waals surface area contributed by atoms with E-state index in [1.807, 2.05) is 0 Å². The molecular formula is C6H10NORh2-. The van der Waals surface area contributed by atoms with E-state index in [0.29, 0.717) is 6.42 Å². The minimum atomic E-state index is 0. The van der Waals surface area contributed by atoms with Crippen LogP contribution in [0.15, 0.2) is 0 Å². The number of rotatable bonds is 0. The molecule has 0 atom stereocenters. The minimum Gasteiger partial charge on any atom is -0.653 e. The van der Waals surface area contributed by atoms with E-state index in [0.717, 1.165) is 19.4 Å². The predicted octanol–water partition coefficient (Wildman–Crippen LogP) is 1.46. The van der Waals surface area contributed by atoms with Crippen molar-refractivity contribution in [3.63, 3.8) is 0 Å². The number of carbonyl (C=O) groups excluding carboxylic acids is 1. The van der Waals surface area contributed by atoms with Crippen LogP contribution in [0.2, 0.25) is 0 Å². The molecule has 1 heterocycles. The van der Waals surface area contributed by atoms with Gasteiger partial charge in [-0.3, -0.25) is 0 Å². The van der Waals surface area contributed by atoms with Crippen LogP contribution in [0.25, 0.3) is 5.32 Å². The van der Waals surface area contributed by atoms with Gasteiger partial charge in [0.05, 0.1) is 5.91 Å². The van der Waals surface area contributed by atoms with Gasteiger partial charge in [0, 0.05) is 39.0 Å². The van der Waals surface area contributed by atoms with Gasteiger partial charge in [0.15, 0.2) is 0 Å². The zero-order valence-corrected chi connectivity index (χ0v) is 8.84. The van der Waals surface area contributed by atoms with Crippen LogP contribution in [0.3, 0.4) is 0 Å². The molecule has 2 nitrogen and oxygen atoms in total. The van der Waals surface area contributed by atoms with E-state index in [2.05, 4.69) is 5.32 Å². The normalized spacial score (nSPS) is 17.4. The molecule has 0 aliphatic carbocycles. The molecule has 0 aromatic carbocycles. The fourth-order valence-corrected chi connectivity index (χ4v) is 0.848. The number of amides is 1. The third kappa shape index (κ3) is 5.50. The first-order valence-electron chi connectivity index (χ1n) is 3.10. The van der Waals surface area contributed by atoms with Gasteiger partial charge in [0.2, 0.25) is 0 Å². The Morgan fingerprint density at radius 1 is 1.10 bits per heavy atom. The van der Waals surface area contributed by atoms with E-state index in [1.165, 1.54) is 6.42 Å². The summed E-state index contributed by atoms with van der Waals surface area (Å²) in [6.45, 7) is 0.763. The van der Waals surface area contributed by atoms with Crippen LogP contribution in [0.4, 0.5) is 0 Å². The van der Waals surface area contributed by atoms with Crippen molar-refractivity contribution in [1.82, 2.24) is 0 Å². The zero-order chi connectivity index (χ0) is 5.82. The summed E-state index contributed by atoms with van der Waals surface area (Å²) < 4.78 is 0. The molecule has 2 radical (unpaired) electrons. The predicted molar refractivity (Wildman–Crippen MR) is 31.7 cm³/mol. The van der Waals surface area contributed by atoms with Gasteiger partial charge in [0.1, 0.15) is 0 Å². The molecule has 0 spiro atoms. The Kier molecular flexibility index (Phi) is 10.4. The third-order valence-corrected chi connectivity index (χ3v) is 1.34. The number of nitrogens with zero attached hydrogens (tertiary/aromatic N) is 1. The summed E-state index contributed by atoms with van der Waals surface area (Å²) in [7, 11) is 0. The summed E-state index contributed by atoms with van der Waals surface area (Å²) >= 11 is 0. The fourth-order valence-electron chi connectivity index (χ4n) is 0.848. The van der Waals surface area contributed by atoms with E-state index >= 15 is 0 Å². The Morgan fingerprint density at radius 3 is 2.50 bits per heavy atom.